The Labute approximate surface area is 298 Å². The van der Waals surface area contributed by atoms with Gasteiger partial charge in [-0.25, -0.2) is 4.39 Å². The SMILES string of the molecule is C=Cc1ccc(N2C(=O)C3CC=C4C(CC5C(=O)N(Nc6ccc(F)cc6)C(=O)C5(c5ccc(Cl)cc5)C4c4ccc(O)c(C)c4)C3C2=O)cc1. The number of nitrogens with one attached hydrogen (secondary N) is 1. The molecule has 0 spiro atoms. The van der Waals surface area contributed by atoms with Crippen LogP contribution in [0.5, 0.6) is 5.75 Å². The molecule has 8 rings (SSSR count). The molecule has 10 heteroatoms. The summed E-state index contributed by atoms with van der Waals surface area (Å²) in [5.41, 5.74) is 5.71. The van der Waals surface area contributed by atoms with Gasteiger partial charge in [0, 0.05) is 10.9 Å². The highest BCUT2D eigenvalue weighted by molar-refractivity contribution is 6.30. The number of hydrogen-bond acceptors (Lipinski definition) is 6. The molecule has 0 bridgehead atoms. The number of phenols is 1. The van der Waals surface area contributed by atoms with Crippen LogP contribution in [-0.4, -0.2) is 33.7 Å². The number of carbonyl (C=O) groups is 4. The van der Waals surface area contributed by atoms with Gasteiger partial charge in [0.25, 0.3) is 11.8 Å². The van der Waals surface area contributed by atoms with Gasteiger partial charge in [0.2, 0.25) is 11.8 Å². The lowest BCUT2D eigenvalue weighted by molar-refractivity contribution is -0.138. The number of amides is 4. The fourth-order valence-electron chi connectivity index (χ4n) is 8.90. The second-order valence-corrected chi connectivity index (χ2v) is 14.2. The van der Waals surface area contributed by atoms with E-state index in [1.165, 1.54) is 29.2 Å². The van der Waals surface area contributed by atoms with Gasteiger partial charge in [0.05, 0.1) is 34.5 Å². The third-order valence-electron chi connectivity index (χ3n) is 11.2. The quantitative estimate of drug-likeness (QED) is 0.161. The number of aryl methyl sites for hydroxylation is 1. The monoisotopic (exact) mass is 701 g/mol. The number of halogens is 2. The van der Waals surface area contributed by atoms with E-state index in [0.29, 0.717) is 33.1 Å². The maximum atomic E-state index is 15.2. The average Bonchev–Trinajstić information content (AvgIpc) is 3.51. The molecule has 2 saturated heterocycles. The molecule has 4 aromatic rings. The fraction of sp³-hybridized carbons (Fsp3) is 0.220. The Morgan fingerprint density at radius 1 is 0.902 bits per heavy atom. The van der Waals surface area contributed by atoms with Crippen LogP contribution in [0.25, 0.3) is 6.08 Å². The van der Waals surface area contributed by atoms with Gasteiger partial charge in [0.15, 0.2) is 0 Å². The number of imide groups is 2. The minimum Gasteiger partial charge on any atom is -0.508 e. The van der Waals surface area contributed by atoms with Crippen LogP contribution >= 0.6 is 11.6 Å². The molecule has 4 amide bonds. The Hall–Kier alpha value is -5.54. The summed E-state index contributed by atoms with van der Waals surface area (Å²) in [5.74, 6) is -5.75. The van der Waals surface area contributed by atoms with Crippen molar-refractivity contribution in [1.29, 1.82) is 0 Å². The van der Waals surface area contributed by atoms with Crippen LogP contribution in [0.2, 0.25) is 5.02 Å². The zero-order chi connectivity index (χ0) is 35.8. The first-order valence-corrected chi connectivity index (χ1v) is 17.2. The summed E-state index contributed by atoms with van der Waals surface area (Å²) in [7, 11) is 0. The maximum absolute atomic E-state index is 15.2. The molecule has 6 unspecified atom stereocenters. The van der Waals surface area contributed by atoms with Crippen molar-refractivity contribution >= 4 is 52.7 Å². The number of allylic oxidation sites excluding steroid dienone is 2. The molecule has 2 N–H and O–H groups in total. The molecule has 0 aromatic heterocycles. The summed E-state index contributed by atoms with van der Waals surface area (Å²) >= 11 is 6.36. The predicted molar refractivity (Wildman–Crippen MR) is 191 cm³/mol. The molecule has 3 fully saturated rings. The summed E-state index contributed by atoms with van der Waals surface area (Å²) in [6.07, 6.45) is 4.06. The van der Waals surface area contributed by atoms with Crippen molar-refractivity contribution in [1.82, 2.24) is 5.01 Å². The van der Waals surface area contributed by atoms with E-state index in [1.54, 1.807) is 73.7 Å². The molecule has 6 atom stereocenters. The number of rotatable bonds is 6. The van der Waals surface area contributed by atoms with Crippen LogP contribution in [0.15, 0.2) is 109 Å². The zero-order valence-electron chi connectivity index (χ0n) is 27.6. The van der Waals surface area contributed by atoms with Crippen molar-refractivity contribution in [3.05, 3.63) is 142 Å². The van der Waals surface area contributed by atoms with Crippen LogP contribution in [0.1, 0.15) is 41.0 Å². The van der Waals surface area contributed by atoms with E-state index < -0.39 is 52.6 Å². The minimum absolute atomic E-state index is 0.0731. The molecule has 1 saturated carbocycles. The minimum atomic E-state index is -1.50. The summed E-state index contributed by atoms with van der Waals surface area (Å²) in [6, 6.07) is 24.4. The first kappa shape index (κ1) is 32.7. The molecule has 0 radical (unpaired) electrons. The van der Waals surface area contributed by atoms with Gasteiger partial charge in [-0.3, -0.25) is 29.5 Å². The number of nitrogens with zero attached hydrogens (tertiary/aromatic N) is 2. The Balaban J connectivity index is 1.31. The Morgan fingerprint density at radius 3 is 2.27 bits per heavy atom. The molecule has 4 aliphatic rings. The van der Waals surface area contributed by atoms with E-state index in [0.717, 1.165) is 16.1 Å². The lowest BCUT2D eigenvalue weighted by Crippen LogP contribution is -2.53. The van der Waals surface area contributed by atoms with Gasteiger partial charge < -0.3 is 5.11 Å². The number of hydrazine groups is 1. The van der Waals surface area contributed by atoms with Gasteiger partial charge >= 0.3 is 0 Å². The third kappa shape index (κ3) is 4.86. The summed E-state index contributed by atoms with van der Waals surface area (Å²) in [5, 5.41) is 12.0. The third-order valence-corrected chi connectivity index (χ3v) is 11.4. The fourth-order valence-corrected chi connectivity index (χ4v) is 9.03. The topological polar surface area (TPSA) is 107 Å². The van der Waals surface area contributed by atoms with Crippen LogP contribution in [0.3, 0.4) is 0 Å². The number of aromatic hydroxyl groups is 1. The number of hydrogen-bond donors (Lipinski definition) is 2. The Bertz CT molecular complexity index is 2170. The molecule has 8 nitrogen and oxygen atoms in total. The molecule has 2 aliphatic heterocycles. The normalized spacial score (nSPS) is 26.8. The highest BCUT2D eigenvalue weighted by Crippen LogP contribution is 2.64. The average molecular weight is 702 g/mol. The van der Waals surface area contributed by atoms with Gasteiger partial charge in [-0.15, -0.1) is 0 Å². The summed E-state index contributed by atoms with van der Waals surface area (Å²) in [6.45, 7) is 5.55. The number of fused-ring (bicyclic) bond motifs is 4. The lowest BCUT2D eigenvalue weighted by Gasteiger charge is -2.50. The van der Waals surface area contributed by atoms with Crippen molar-refractivity contribution in [3.63, 3.8) is 0 Å². The number of benzene rings is 4. The van der Waals surface area contributed by atoms with E-state index >= 15 is 4.79 Å². The lowest BCUT2D eigenvalue weighted by atomic mass is 9.49. The zero-order valence-corrected chi connectivity index (χ0v) is 28.3. The van der Waals surface area contributed by atoms with Crippen LogP contribution in [0.4, 0.5) is 15.8 Å². The predicted octanol–water partition coefficient (Wildman–Crippen LogP) is 7.33. The van der Waals surface area contributed by atoms with E-state index in [-0.39, 0.29) is 30.4 Å². The van der Waals surface area contributed by atoms with Gasteiger partial charge in [-0.1, -0.05) is 72.3 Å². The van der Waals surface area contributed by atoms with Crippen molar-refractivity contribution in [3.8, 4) is 5.75 Å². The number of carbonyl (C=O) groups excluding carboxylic acids is 4. The van der Waals surface area contributed by atoms with Crippen LogP contribution in [0, 0.1) is 36.4 Å². The second-order valence-electron chi connectivity index (χ2n) is 13.7. The molecule has 51 heavy (non-hydrogen) atoms. The molecule has 4 aromatic carbocycles. The summed E-state index contributed by atoms with van der Waals surface area (Å²) < 4.78 is 13.8. The van der Waals surface area contributed by atoms with E-state index in [2.05, 4.69) is 12.0 Å². The molecular weight excluding hydrogens is 669 g/mol. The van der Waals surface area contributed by atoms with Gasteiger partial charge in [0.1, 0.15) is 11.6 Å². The highest BCUT2D eigenvalue weighted by Gasteiger charge is 2.70. The molecule has 2 heterocycles. The second kappa shape index (κ2) is 12.1. The Kier molecular flexibility index (Phi) is 7.72. The standard InChI is InChI=1S/C41H33ClFN3O5/c1-3-23-4-15-29(16-5-23)45-37(48)31-18-17-30-32(35(31)39(45)50)21-33-38(49)46(44-28-13-11-27(43)12-14-28)40(51)41(33,25-7-9-26(42)10-8-25)36(30)24-6-19-34(47)22(2)20-24/h3-17,19-20,31-33,35-36,44,47H,1,18,21H2,2H3. The maximum Gasteiger partial charge on any atom is 0.260 e. The van der Waals surface area contributed by atoms with Crippen molar-refractivity contribution in [2.45, 2.75) is 31.1 Å². The molecular formula is C41H33ClFN3O5. The largest absolute Gasteiger partial charge is 0.508 e. The van der Waals surface area contributed by atoms with E-state index in [1.807, 2.05) is 12.1 Å². The first-order valence-electron chi connectivity index (χ1n) is 16.8. The van der Waals surface area contributed by atoms with Gasteiger partial charge in [-0.2, -0.15) is 5.01 Å². The first-order chi connectivity index (χ1) is 24.5. The Morgan fingerprint density at radius 2 is 1.61 bits per heavy atom. The highest BCUT2D eigenvalue weighted by atomic mass is 35.5. The smallest absolute Gasteiger partial charge is 0.260 e. The van der Waals surface area contributed by atoms with E-state index in [9.17, 15) is 23.9 Å². The van der Waals surface area contributed by atoms with Crippen LogP contribution < -0.4 is 10.3 Å². The van der Waals surface area contributed by atoms with Crippen molar-refractivity contribution in [2.24, 2.45) is 23.7 Å². The van der Waals surface area contributed by atoms with Gasteiger partial charge in [-0.05, 0) is 103 Å². The van der Waals surface area contributed by atoms with Crippen molar-refractivity contribution < 1.29 is 28.7 Å². The molecule has 2 aliphatic carbocycles. The molecule has 256 valence electrons. The van der Waals surface area contributed by atoms with Crippen LogP contribution in [-0.2, 0) is 24.6 Å². The van der Waals surface area contributed by atoms with E-state index in [4.69, 9.17) is 11.6 Å². The number of phenolic OH excluding ortho intramolecular Hbond substituents is 1. The summed E-state index contributed by atoms with van der Waals surface area (Å²) in [4.78, 5) is 59.7. The number of anilines is 2. The van der Waals surface area contributed by atoms with Crippen molar-refractivity contribution in [2.75, 3.05) is 10.3 Å².